The van der Waals surface area contributed by atoms with E-state index in [1.807, 2.05) is 48.6 Å². The summed E-state index contributed by atoms with van der Waals surface area (Å²) in [6, 6.07) is 7.65. The van der Waals surface area contributed by atoms with Gasteiger partial charge >= 0.3 is 11.9 Å². The standard InChI is InChI=1S/C22H19ClO4/c1-3-8-19-21(26-14(2)24)17-11-6-4-9-15(17)16-10-5-7-12-18(16)22(19)27-20(25)13-23/h3-7,9-12,18H,1,8,13H2,2H3. The number of rotatable bonds is 5. The van der Waals surface area contributed by atoms with Crippen molar-refractivity contribution in [3.8, 4) is 0 Å². The van der Waals surface area contributed by atoms with Gasteiger partial charge in [0, 0.05) is 17.7 Å². The Morgan fingerprint density at radius 1 is 1.19 bits per heavy atom. The van der Waals surface area contributed by atoms with Crippen LogP contribution in [0.25, 0.3) is 11.3 Å². The van der Waals surface area contributed by atoms with Crippen LogP contribution >= 0.6 is 11.6 Å². The fraction of sp³-hybridized carbons (Fsp3) is 0.182. The third-order valence-electron chi connectivity index (χ3n) is 4.29. The van der Waals surface area contributed by atoms with E-state index in [4.69, 9.17) is 21.1 Å². The highest BCUT2D eigenvalue weighted by atomic mass is 35.5. The van der Waals surface area contributed by atoms with E-state index in [0.29, 0.717) is 23.5 Å². The molecule has 0 N–H and O–H groups in total. The summed E-state index contributed by atoms with van der Waals surface area (Å²) in [4.78, 5) is 23.9. The van der Waals surface area contributed by atoms with E-state index >= 15 is 0 Å². The molecule has 1 aromatic rings. The van der Waals surface area contributed by atoms with Gasteiger partial charge in [-0.3, -0.25) is 9.59 Å². The molecular weight excluding hydrogens is 364 g/mol. The van der Waals surface area contributed by atoms with E-state index in [9.17, 15) is 9.59 Å². The van der Waals surface area contributed by atoms with Gasteiger partial charge in [-0.15, -0.1) is 18.2 Å². The lowest BCUT2D eigenvalue weighted by Gasteiger charge is -2.22. The second-order valence-electron chi connectivity index (χ2n) is 6.09. The summed E-state index contributed by atoms with van der Waals surface area (Å²) < 4.78 is 11.2. The third kappa shape index (κ3) is 3.81. The summed E-state index contributed by atoms with van der Waals surface area (Å²) >= 11 is 5.67. The highest BCUT2D eigenvalue weighted by Gasteiger charge is 2.30. The van der Waals surface area contributed by atoms with Gasteiger partial charge in [0.1, 0.15) is 17.4 Å². The van der Waals surface area contributed by atoms with E-state index in [1.54, 1.807) is 6.08 Å². The number of carbonyl (C=O) groups is 2. The number of halogens is 1. The Balaban J connectivity index is 2.42. The van der Waals surface area contributed by atoms with Gasteiger partial charge in [-0.2, -0.15) is 0 Å². The van der Waals surface area contributed by atoms with Crippen LogP contribution in [0.5, 0.6) is 0 Å². The van der Waals surface area contributed by atoms with Crippen molar-refractivity contribution >= 4 is 34.9 Å². The molecule has 2 aliphatic rings. The average molecular weight is 383 g/mol. The molecule has 27 heavy (non-hydrogen) atoms. The molecule has 0 aromatic heterocycles. The molecule has 4 nitrogen and oxygen atoms in total. The quantitative estimate of drug-likeness (QED) is 0.446. The monoisotopic (exact) mass is 382 g/mol. The maximum atomic E-state index is 12.0. The second-order valence-corrected chi connectivity index (χ2v) is 6.36. The fourth-order valence-corrected chi connectivity index (χ4v) is 3.35. The maximum absolute atomic E-state index is 12.0. The van der Waals surface area contributed by atoms with Crippen LogP contribution in [0.15, 0.2) is 72.6 Å². The second kappa shape index (κ2) is 8.23. The molecule has 0 saturated carbocycles. The Morgan fingerprint density at radius 3 is 2.59 bits per heavy atom. The van der Waals surface area contributed by atoms with E-state index in [1.165, 1.54) is 6.92 Å². The maximum Gasteiger partial charge on any atom is 0.325 e. The molecule has 1 aromatic carbocycles. The smallest absolute Gasteiger partial charge is 0.325 e. The summed E-state index contributed by atoms with van der Waals surface area (Å²) in [7, 11) is 0. The zero-order chi connectivity index (χ0) is 19.4. The number of alkyl halides is 1. The number of benzene rings is 1. The Bertz CT molecular complexity index is 1010. The van der Waals surface area contributed by atoms with Crippen LogP contribution < -0.4 is 10.4 Å². The van der Waals surface area contributed by atoms with Crippen molar-refractivity contribution in [3.63, 3.8) is 0 Å². The zero-order valence-electron chi connectivity index (χ0n) is 14.9. The summed E-state index contributed by atoms with van der Waals surface area (Å²) in [6.45, 7) is 5.14. The summed E-state index contributed by atoms with van der Waals surface area (Å²) in [5.41, 5.74) is 1.56. The largest absolute Gasteiger partial charge is 0.429 e. The zero-order valence-corrected chi connectivity index (χ0v) is 15.7. The van der Waals surface area contributed by atoms with Gasteiger partial charge in [0.25, 0.3) is 0 Å². The van der Waals surface area contributed by atoms with Gasteiger partial charge in [-0.1, -0.05) is 54.6 Å². The van der Waals surface area contributed by atoms with Crippen LogP contribution in [-0.4, -0.2) is 17.8 Å². The first kappa shape index (κ1) is 18.9. The Labute approximate surface area is 162 Å². The van der Waals surface area contributed by atoms with Gasteiger partial charge in [-0.25, -0.2) is 0 Å². The number of hydrogen-bond acceptors (Lipinski definition) is 4. The molecule has 0 spiro atoms. The highest BCUT2D eigenvalue weighted by Crippen LogP contribution is 2.35. The van der Waals surface area contributed by atoms with E-state index in [2.05, 4.69) is 6.58 Å². The van der Waals surface area contributed by atoms with Crippen molar-refractivity contribution in [2.45, 2.75) is 13.3 Å². The van der Waals surface area contributed by atoms with Crippen molar-refractivity contribution < 1.29 is 19.1 Å². The van der Waals surface area contributed by atoms with Gasteiger partial charge in [0.05, 0.1) is 5.92 Å². The van der Waals surface area contributed by atoms with Gasteiger partial charge < -0.3 is 9.47 Å². The predicted molar refractivity (Wildman–Crippen MR) is 105 cm³/mol. The molecule has 5 heteroatoms. The Morgan fingerprint density at radius 2 is 1.93 bits per heavy atom. The van der Waals surface area contributed by atoms with E-state index < -0.39 is 11.9 Å². The van der Waals surface area contributed by atoms with Crippen LogP contribution in [0.3, 0.4) is 0 Å². The normalized spacial score (nSPS) is 17.8. The van der Waals surface area contributed by atoms with E-state index in [-0.39, 0.29) is 11.8 Å². The molecular formula is C22H19ClO4. The van der Waals surface area contributed by atoms with Crippen molar-refractivity contribution in [1.29, 1.82) is 0 Å². The molecule has 0 aliphatic heterocycles. The van der Waals surface area contributed by atoms with Crippen molar-refractivity contribution in [1.82, 2.24) is 0 Å². The molecule has 3 rings (SSSR count). The Kier molecular flexibility index (Phi) is 5.77. The number of fused-ring (bicyclic) bond motifs is 2. The number of hydrogen-bond donors (Lipinski definition) is 0. The predicted octanol–water partition coefficient (Wildman–Crippen LogP) is 2.88. The first-order valence-corrected chi connectivity index (χ1v) is 9.08. The topological polar surface area (TPSA) is 52.6 Å². The number of esters is 2. The molecule has 138 valence electrons. The van der Waals surface area contributed by atoms with Crippen molar-refractivity contribution in [2.24, 2.45) is 5.92 Å². The molecule has 0 bridgehead atoms. The first-order chi connectivity index (χ1) is 13.1. The molecule has 1 unspecified atom stereocenters. The van der Waals surface area contributed by atoms with Crippen molar-refractivity contribution in [3.05, 3.63) is 83.0 Å². The molecule has 0 heterocycles. The molecule has 2 aliphatic carbocycles. The summed E-state index contributed by atoms with van der Waals surface area (Å²) in [6.07, 6.45) is 9.79. The van der Waals surface area contributed by atoms with Crippen molar-refractivity contribution in [2.75, 3.05) is 5.88 Å². The average Bonchev–Trinajstić information content (AvgIpc) is 2.77. The van der Waals surface area contributed by atoms with Gasteiger partial charge in [0.2, 0.25) is 0 Å². The van der Waals surface area contributed by atoms with Crippen LogP contribution in [0, 0.1) is 5.92 Å². The molecule has 0 radical (unpaired) electrons. The minimum absolute atomic E-state index is 0.275. The minimum Gasteiger partial charge on any atom is -0.429 e. The number of ether oxygens (including phenoxy) is 2. The molecule has 0 saturated heterocycles. The van der Waals surface area contributed by atoms with E-state index in [0.717, 1.165) is 16.0 Å². The molecule has 0 amide bonds. The number of carbonyl (C=O) groups excluding carboxylic acids is 2. The molecule has 0 fully saturated rings. The number of allylic oxidation sites excluding steroid dienone is 5. The van der Waals surface area contributed by atoms with Gasteiger partial charge in [0.15, 0.2) is 0 Å². The third-order valence-corrected chi connectivity index (χ3v) is 4.51. The fourth-order valence-electron chi connectivity index (χ4n) is 3.30. The lowest BCUT2D eigenvalue weighted by Crippen LogP contribution is -2.30. The molecule has 1 atom stereocenters. The lowest BCUT2D eigenvalue weighted by molar-refractivity contribution is -0.137. The van der Waals surface area contributed by atoms with Crippen LogP contribution in [0.1, 0.15) is 13.3 Å². The van der Waals surface area contributed by atoms with Crippen LogP contribution in [-0.2, 0) is 19.1 Å². The van der Waals surface area contributed by atoms with Crippen LogP contribution in [0.4, 0.5) is 0 Å². The van der Waals surface area contributed by atoms with Gasteiger partial charge in [-0.05, 0) is 17.2 Å². The highest BCUT2D eigenvalue weighted by molar-refractivity contribution is 6.26. The van der Waals surface area contributed by atoms with Crippen LogP contribution in [0.2, 0.25) is 0 Å². The Hall–Kier alpha value is -2.85. The first-order valence-electron chi connectivity index (χ1n) is 8.54. The lowest BCUT2D eigenvalue weighted by atomic mass is 9.89. The summed E-state index contributed by atoms with van der Waals surface area (Å²) in [5, 5.41) is 1.68. The minimum atomic E-state index is -0.566. The SMILES string of the molecule is C=CCC1=C(OC(=O)CCl)C2C=CC=CC2=c2ccccc2=C1OC(C)=O. The summed E-state index contributed by atoms with van der Waals surface area (Å²) in [5.74, 6) is -0.814.